The van der Waals surface area contributed by atoms with Gasteiger partial charge in [-0.25, -0.2) is 0 Å². The molecule has 2 nitrogen and oxygen atoms in total. The summed E-state index contributed by atoms with van der Waals surface area (Å²) in [6.07, 6.45) is 8.21. The lowest BCUT2D eigenvalue weighted by molar-refractivity contribution is -0.163. The van der Waals surface area contributed by atoms with Gasteiger partial charge in [0.15, 0.2) is 5.79 Å². The summed E-state index contributed by atoms with van der Waals surface area (Å²) in [5.74, 6) is 2.31. The van der Waals surface area contributed by atoms with E-state index in [0.29, 0.717) is 13.2 Å². The Bertz CT molecular complexity index is 450. The molecule has 2 aliphatic rings. The second kappa shape index (κ2) is 3.62. The topological polar surface area (TPSA) is 18.5 Å². The van der Waals surface area contributed by atoms with Crippen LogP contribution in [0.2, 0.25) is 0 Å². The summed E-state index contributed by atoms with van der Waals surface area (Å²) in [6, 6.07) is 6.22. The molecule has 1 aliphatic heterocycles. The first-order valence-corrected chi connectivity index (χ1v) is 5.68. The van der Waals surface area contributed by atoms with Crippen molar-refractivity contribution < 1.29 is 9.47 Å². The van der Waals surface area contributed by atoms with E-state index in [2.05, 4.69) is 18.1 Å². The molecule has 0 N–H and O–H groups in total. The predicted molar refractivity (Wildman–Crippen MR) is 61.0 cm³/mol. The van der Waals surface area contributed by atoms with Crippen LogP contribution in [0.4, 0.5) is 0 Å². The Labute approximate surface area is 95.6 Å². The summed E-state index contributed by atoms with van der Waals surface area (Å²) in [7, 11) is 0. The van der Waals surface area contributed by atoms with Crippen LogP contribution in [-0.2, 0) is 22.3 Å². The van der Waals surface area contributed by atoms with Crippen LogP contribution in [0.25, 0.3) is 0 Å². The van der Waals surface area contributed by atoms with Gasteiger partial charge < -0.3 is 9.47 Å². The molecule has 16 heavy (non-hydrogen) atoms. The Kier molecular flexibility index (Phi) is 2.24. The normalized spacial score (nSPS) is 21.7. The minimum atomic E-state index is -0.361. The number of aryl methyl sites for hydroxylation is 1. The fourth-order valence-electron chi connectivity index (χ4n) is 2.57. The van der Waals surface area contributed by atoms with Crippen molar-refractivity contribution in [2.75, 3.05) is 13.2 Å². The van der Waals surface area contributed by atoms with Crippen molar-refractivity contribution in [3.63, 3.8) is 0 Å². The maximum absolute atomic E-state index is 5.74. The van der Waals surface area contributed by atoms with Gasteiger partial charge in [-0.2, -0.15) is 0 Å². The van der Waals surface area contributed by atoms with Crippen LogP contribution >= 0.6 is 0 Å². The molecule has 3 rings (SSSR count). The van der Waals surface area contributed by atoms with Gasteiger partial charge in [0.25, 0.3) is 0 Å². The highest BCUT2D eigenvalue weighted by molar-refractivity contribution is 5.41. The summed E-state index contributed by atoms with van der Waals surface area (Å²) >= 11 is 0. The van der Waals surface area contributed by atoms with E-state index in [1.165, 1.54) is 11.1 Å². The second-order valence-electron chi connectivity index (χ2n) is 4.41. The highest BCUT2D eigenvalue weighted by atomic mass is 16.7. The lowest BCUT2D eigenvalue weighted by atomic mass is 9.86. The summed E-state index contributed by atoms with van der Waals surface area (Å²) < 4.78 is 11.5. The van der Waals surface area contributed by atoms with Gasteiger partial charge in [-0.05, 0) is 29.7 Å². The monoisotopic (exact) mass is 214 g/mol. The number of ether oxygens (including phenoxy) is 2. The molecule has 2 heteroatoms. The summed E-state index contributed by atoms with van der Waals surface area (Å²) in [4.78, 5) is 0. The van der Waals surface area contributed by atoms with Crippen molar-refractivity contribution in [2.45, 2.75) is 25.0 Å². The Morgan fingerprint density at radius 1 is 1.19 bits per heavy atom. The van der Waals surface area contributed by atoms with Gasteiger partial charge in [-0.1, -0.05) is 12.0 Å². The van der Waals surface area contributed by atoms with Crippen LogP contribution in [0, 0.1) is 12.3 Å². The highest BCUT2D eigenvalue weighted by Crippen LogP contribution is 2.35. The maximum Gasteiger partial charge on any atom is 0.172 e. The molecule has 0 bridgehead atoms. The van der Waals surface area contributed by atoms with Crippen LogP contribution in [-0.4, -0.2) is 19.0 Å². The zero-order valence-electron chi connectivity index (χ0n) is 9.16. The Morgan fingerprint density at radius 2 is 2.00 bits per heavy atom. The van der Waals surface area contributed by atoms with E-state index in [1.54, 1.807) is 0 Å². The molecule has 0 saturated carbocycles. The molecule has 0 amide bonds. The zero-order valence-corrected chi connectivity index (χ0v) is 9.16. The largest absolute Gasteiger partial charge is 0.347 e. The van der Waals surface area contributed by atoms with Gasteiger partial charge in [0.05, 0.1) is 13.2 Å². The van der Waals surface area contributed by atoms with Gasteiger partial charge in [-0.3, -0.25) is 0 Å². The fourth-order valence-corrected chi connectivity index (χ4v) is 2.57. The third-order valence-electron chi connectivity index (χ3n) is 3.42. The first kappa shape index (κ1) is 9.89. The molecular formula is C14H14O2. The van der Waals surface area contributed by atoms with Crippen molar-refractivity contribution in [1.82, 2.24) is 0 Å². The number of hydrogen-bond donors (Lipinski definition) is 0. The third-order valence-corrected chi connectivity index (χ3v) is 3.42. The Balaban J connectivity index is 1.95. The first-order chi connectivity index (χ1) is 7.81. The smallest absolute Gasteiger partial charge is 0.172 e. The van der Waals surface area contributed by atoms with Crippen LogP contribution in [0.1, 0.15) is 23.1 Å². The Hall–Kier alpha value is -1.30. The standard InChI is InChI=1S/C14H14O2/c1-2-11-3-4-12-5-6-14(10-13(12)9-11)15-7-8-16-14/h1,3-4,9H,5-8,10H2. The van der Waals surface area contributed by atoms with Gasteiger partial charge >= 0.3 is 0 Å². The molecular weight excluding hydrogens is 200 g/mol. The van der Waals surface area contributed by atoms with Crippen LogP contribution in [0.15, 0.2) is 18.2 Å². The van der Waals surface area contributed by atoms with Crippen molar-refractivity contribution in [2.24, 2.45) is 0 Å². The third kappa shape index (κ3) is 1.53. The zero-order chi connectivity index (χ0) is 11.0. The molecule has 1 saturated heterocycles. The molecule has 82 valence electrons. The first-order valence-electron chi connectivity index (χ1n) is 5.68. The molecule has 1 spiro atoms. The summed E-state index contributed by atoms with van der Waals surface area (Å²) in [5.41, 5.74) is 3.60. The van der Waals surface area contributed by atoms with Gasteiger partial charge in [0.2, 0.25) is 0 Å². The fraction of sp³-hybridized carbons (Fsp3) is 0.429. The molecule has 1 aliphatic carbocycles. The highest BCUT2D eigenvalue weighted by Gasteiger charge is 2.39. The van der Waals surface area contributed by atoms with Crippen LogP contribution in [0.5, 0.6) is 0 Å². The lowest BCUT2D eigenvalue weighted by Crippen LogP contribution is -2.36. The number of hydrogen-bond acceptors (Lipinski definition) is 2. The number of rotatable bonds is 0. The average molecular weight is 214 g/mol. The van der Waals surface area contributed by atoms with E-state index in [1.807, 2.05) is 6.07 Å². The van der Waals surface area contributed by atoms with Crippen molar-refractivity contribution in [3.8, 4) is 12.3 Å². The minimum absolute atomic E-state index is 0.361. The van der Waals surface area contributed by atoms with E-state index >= 15 is 0 Å². The molecule has 1 fully saturated rings. The van der Waals surface area contributed by atoms with Gasteiger partial charge in [0.1, 0.15) is 0 Å². The summed E-state index contributed by atoms with van der Waals surface area (Å²) in [5, 5.41) is 0. The van der Waals surface area contributed by atoms with Gasteiger partial charge in [-0.15, -0.1) is 6.42 Å². The molecule has 1 aromatic carbocycles. The summed E-state index contributed by atoms with van der Waals surface area (Å²) in [6.45, 7) is 1.42. The van der Waals surface area contributed by atoms with Crippen molar-refractivity contribution in [1.29, 1.82) is 0 Å². The quantitative estimate of drug-likeness (QED) is 0.614. The second-order valence-corrected chi connectivity index (χ2v) is 4.41. The lowest BCUT2D eigenvalue weighted by Gasteiger charge is -2.32. The predicted octanol–water partition coefficient (Wildman–Crippen LogP) is 1.90. The Morgan fingerprint density at radius 3 is 2.75 bits per heavy atom. The number of benzene rings is 1. The molecule has 0 atom stereocenters. The SMILES string of the molecule is C#Cc1ccc2c(c1)CC1(CC2)OCCO1. The van der Waals surface area contributed by atoms with Crippen molar-refractivity contribution >= 4 is 0 Å². The molecule has 1 aromatic rings. The average Bonchev–Trinajstić information content (AvgIpc) is 2.76. The van der Waals surface area contributed by atoms with E-state index in [-0.39, 0.29) is 5.79 Å². The number of fused-ring (bicyclic) bond motifs is 1. The molecule has 0 unspecified atom stereocenters. The van der Waals surface area contributed by atoms with E-state index in [9.17, 15) is 0 Å². The molecule has 0 aromatic heterocycles. The minimum Gasteiger partial charge on any atom is -0.347 e. The van der Waals surface area contributed by atoms with Crippen LogP contribution < -0.4 is 0 Å². The van der Waals surface area contributed by atoms with Gasteiger partial charge in [0, 0.05) is 18.4 Å². The molecule has 1 heterocycles. The van der Waals surface area contributed by atoms with E-state index in [4.69, 9.17) is 15.9 Å². The molecule has 0 radical (unpaired) electrons. The van der Waals surface area contributed by atoms with Crippen LogP contribution in [0.3, 0.4) is 0 Å². The number of terminal acetylenes is 1. The van der Waals surface area contributed by atoms with Crippen molar-refractivity contribution in [3.05, 3.63) is 34.9 Å². The van der Waals surface area contributed by atoms with E-state index in [0.717, 1.165) is 24.8 Å². The van der Waals surface area contributed by atoms with E-state index < -0.39 is 0 Å². The maximum atomic E-state index is 5.74.